The molecule has 1 heterocycles. The van der Waals surface area contributed by atoms with Gasteiger partial charge in [-0.3, -0.25) is 13.7 Å². The second-order valence-corrected chi connectivity index (χ2v) is 16.6. The molecular weight excluding hydrogens is 818 g/mol. The summed E-state index contributed by atoms with van der Waals surface area (Å²) in [5, 5.41) is 21.7. The Morgan fingerprint density at radius 2 is 1.52 bits per heavy atom. The fourth-order valence-corrected chi connectivity index (χ4v) is 7.25. The van der Waals surface area contributed by atoms with Crippen LogP contribution in [0.15, 0.2) is 109 Å². The van der Waals surface area contributed by atoms with Crippen LogP contribution in [-0.4, -0.2) is 73.9 Å². The number of anilines is 4. The quantitative estimate of drug-likeness (QED) is 0.0573. The smallest absolute Gasteiger partial charge is 0.445 e. The zero-order valence-electron chi connectivity index (χ0n) is 26.9. The maximum absolute atomic E-state index is 12.8. The van der Waals surface area contributed by atoms with Crippen LogP contribution in [0.2, 0.25) is 5.28 Å². The summed E-state index contributed by atoms with van der Waals surface area (Å²) < 4.78 is 127. The van der Waals surface area contributed by atoms with Crippen LogP contribution in [0.25, 0.3) is 10.8 Å². The number of aromatic hydroxyl groups is 1. The van der Waals surface area contributed by atoms with Crippen molar-refractivity contribution < 1.29 is 56.6 Å². The highest BCUT2D eigenvalue weighted by Gasteiger charge is 2.22. The number of sulfone groups is 1. The van der Waals surface area contributed by atoms with Gasteiger partial charge in [-0.25, -0.2) is 8.42 Å². The van der Waals surface area contributed by atoms with E-state index in [1.54, 1.807) is 6.92 Å². The molecule has 0 fully saturated rings. The minimum Gasteiger partial charge on any atom is -0.505 e. The number of phenolic OH excluding ortho intramolecular Hbond substituents is 1. The fourth-order valence-electron chi connectivity index (χ4n) is 4.75. The van der Waals surface area contributed by atoms with Crippen LogP contribution in [0.5, 0.6) is 5.75 Å². The normalized spacial score (nSPS) is 12.8. The Balaban J connectivity index is 1.58. The van der Waals surface area contributed by atoms with E-state index in [1.165, 1.54) is 59.5 Å². The standard InChI is InChI=1S/C29H24ClN7O13S4/c1-2-37(18-6-5-7-19(15-18)51(39,40)13-12-50-54(47,48)49)29-33-27(30)32-28(34-29)31-23-16-20(52(41,42)43)14-17-10-11-22(26(38)25(17)23)36-35-21-8-3-4-9-24(21)53(44,45)46/h3-16,38H,2H2,1H3,(H,41,42,43)(H,44,45,46)(H,47,48,49)(H,31,32,33,34)/b13-12+,36-35?. The summed E-state index contributed by atoms with van der Waals surface area (Å²) in [7, 11) is -18.8. The summed E-state index contributed by atoms with van der Waals surface area (Å²) in [6, 6.07) is 14.8. The molecule has 54 heavy (non-hydrogen) atoms. The summed E-state index contributed by atoms with van der Waals surface area (Å²) in [5.74, 6) is -1.10. The van der Waals surface area contributed by atoms with Crippen LogP contribution in [0.1, 0.15) is 6.92 Å². The van der Waals surface area contributed by atoms with Gasteiger partial charge in [0.1, 0.15) is 22.5 Å². The number of phenols is 1. The van der Waals surface area contributed by atoms with Crippen molar-refractivity contribution in [3.05, 3.63) is 89.8 Å². The van der Waals surface area contributed by atoms with Gasteiger partial charge in [-0.2, -0.15) is 40.2 Å². The van der Waals surface area contributed by atoms with Crippen molar-refractivity contribution in [2.75, 3.05) is 16.8 Å². The van der Waals surface area contributed by atoms with E-state index in [0.29, 0.717) is 5.41 Å². The van der Waals surface area contributed by atoms with E-state index in [0.717, 1.165) is 18.2 Å². The molecule has 4 aromatic carbocycles. The molecule has 0 amide bonds. The Morgan fingerprint density at radius 1 is 0.815 bits per heavy atom. The lowest BCUT2D eigenvalue weighted by atomic mass is 10.1. The highest BCUT2D eigenvalue weighted by atomic mass is 35.5. The van der Waals surface area contributed by atoms with Crippen LogP contribution >= 0.6 is 11.6 Å². The van der Waals surface area contributed by atoms with Gasteiger partial charge in [0.25, 0.3) is 20.2 Å². The molecule has 0 saturated heterocycles. The molecule has 0 radical (unpaired) electrons. The molecule has 0 aliphatic heterocycles. The molecule has 284 valence electrons. The first-order valence-electron chi connectivity index (χ1n) is 14.6. The second kappa shape index (κ2) is 15.2. The third-order valence-electron chi connectivity index (χ3n) is 7.02. The van der Waals surface area contributed by atoms with E-state index >= 15 is 0 Å². The molecule has 5 N–H and O–H groups in total. The van der Waals surface area contributed by atoms with Gasteiger partial charge in [-0.1, -0.05) is 24.3 Å². The Kier molecular flexibility index (Phi) is 11.2. The maximum Gasteiger partial charge on any atom is 0.445 e. The highest BCUT2D eigenvalue weighted by Crippen LogP contribution is 2.42. The SMILES string of the molecule is CCN(c1cccc(S(=O)(=O)/C=C/OS(=O)(=O)O)c1)c1nc(Cl)nc(Nc2cc(S(=O)(=O)O)cc3ccc(N=Nc4ccccc4S(=O)(=O)O)c(O)c23)n1. The predicted octanol–water partition coefficient (Wildman–Crippen LogP) is 5.26. The monoisotopic (exact) mass is 841 g/mol. The van der Waals surface area contributed by atoms with Gasteiger partial charge >= 0.3 is 10.4 Å². The highest BCUT2D eigenvalue weighted by molar-refractivity contribution is 7.94. The van der Waals surface area contributed by atoms with Crippen molar-refractivity contribution in [1.82, 2.24) is 15.0 Å². The molecule has 0 atom stereocenters. The summed E-state index contributed by atoms with van der Waals surface area (Å²) in [5.41, 5.74) is -0.525. The van der Waals surface area contributed by atoms with Crippen LogP contribution in [0.4, 0.5) is 34.6 Å². The molecule has 25 heteroatoms. The summed E-state index contributed by atoms with van der Waals surface area (Å²) in [6.45, 7) is 1.75. The molecular formula is C29H24ClN7O13S4. The minimum atomic E-state index is -4.96. The fraction of sp³-hybridized carbons (Fsp3) is 0.0690. The molecule has 0 saturated carbocycles. The number of azo groups is 1. The van der Waals surface area contributed by atoms with E-state index in [-0.39, 0.29) is 63.1 Å². The van der Waals surface area contributed by atoms with E-state index in [1.807, 2.05) is 0 Å². The molecule has 20 nitrogen and oxygen atoms in total. The lowest BCUT2D eigenvalue weighted by molar-refractivity contribution is 0.356. The van der Waals surface area contributed by atoms with Crippen LogP contribution < -0.4 is 10.2 Å². The molecule has 1 aromatic heterocycles. The van der Waals surface area contributed by atoms with Crippen molar-refractivity contribution in [2.45, 2.75) is 21.6 Å². The number of nitrogens with zero attached hydrogens (tertiary/aromatic N) is 6. The summed E-state index contributed by atoms with van der Waals surface area (Å²) in [4.78, 5) is 12.3. The average molecular weight is 842 g/mol. The molecule has 0 spiro atoms. The van der Waals surface area contributed by atoms with Crippen molar-refractivity contribution in [3.8, 4) is 5.75 Å². The van der Waals surface area contributed by atoms with Gasteiger partial charge in [0.15, 0.2) is 5.75 Å². The Bertz CT molecular complexity index is 2800. The molecule has 0 aliphatic rings. The predicted molar refractivity (Wildman–Crippen MR) is 192 cm³/mol. The lowest BCUT2D eigenvalue weighted by Gasteiger charge is -2.22. The lowest BCUT2D eigenvalue weighted by Crippen LogP contribution is -2.20. The largest absolute Gasteiger partial charge is 0.505 e. The van der Waals surface area contributed by atoms with Gasteiger partial charge in [-0.05, 0) is 72.4 Å². The number of hydrogen-bond acceptors (Lipinski definition) is 17. The molecule has 5 aromatic rings. The molecule has 0 bridgehead atoms. The number of hydrogen-bond donors (Lipinski definition) is 5. The Labute approximate surface area is 311 Å². The van der Waals surface area contributed by atoms with Gasteiger partial charge in [0.2, 0.25) is 27.0 Å². The first-order valence-corrected chi connectivity index (χ1v) is 20.7. The maximum atomic E-state index is 12.8. The summed E-state index contributed by atoms with van der Waals surface area (Å²) >= 11 is 6.23. The van der Waals surface area contributed by atoms with E-state index in [4.69, 9.17) is 16.2 Å². The zero-order chi connectivity index (χ0) is 39.6. The minimum absolute atomic E-state index is 0.0482. The number of aromatic nitrogens is 3. The van der Waals surface area contributed by atoms with E-state index in [2.05, 4.69) is 34.7 Å². The van der Waals surface area contributed by atoms with E-state index < -0.39 is 61.3 Å². The van der Waals surface area contributed by atoms with Crippen LogP contribution in [0.3, 0.4) is 0 Å². The Morgan fingerprint density at radius 3 is 2.19 bits per heavy atom. The third-order valence-corrected chi connectivity index (χ3v) is 10.7. The molecule has 0 unspecified atom stereocenters. The molecule has 0 aliphatic carbocycles. The zero-order valence-corrected chi connectivity index (χ0v) is 31.0. The number of halogens is 1. The van der Waals surface area contributed by atoms with Crippen molar-refractivity contribution in [2.24, 2.45) is 10.2 Å². The number of benzene rings is 4. The first-order chi connectivity index (χ1) is 25.2. The average Bonchev–Trinajstić information content (AvgIpc) is 3.07. The number of nitrogens with one attached hydrogen (secondary N) is 1. The van der Waals surface area contributed by atoms with Crippen molar-refractivity contribution in [1.29, 1.82) is 0 Å². The number of rotatable bonds is 13. The first kappa shape index (κ1) is 39.9. The van der Waals surface area contributed by atoms with Gasteiger partial charge in [-0.15, -0.1) is 10.2 Å². The van der Waals surface area contributed by atoms with Crippen molar-refractivity contribution in [3.63, 3.8) is 0 Å². The van der Waals surface area contributed by atoms with Crippen LogP contribution in [-0.2, 0) is 44.7 Å². The second-order valence-electron chi connectivity index (χ2n) is 10.6. The number of fused-ring (bicyclic) bond motifs is 1. The van der Waals surface area contributed by atoms with Gasteiger partial charge in [0.05, 0.1) is 20.9 Å². The van der Waals surface area contributed by atoms with Crippen molar-refractivity contribution >= 4 is 97.5 Å². The molecule has 5 rings (SSSR count). The third kappa shape index (κ3) is 9.41. The van der Waals surface area contributed by atoms with Crippen LogP contribution in [0, 0.1) is 0 Å². The Hall–Kier alpha value is -5.34. The van der Waals surface area contributed by atoms with Gasteiger partial charge in [0, 0.05) is 17.6 Å². The summed E-state index contributed by atoms with van der Waals surface area (Å²) in [6.07, 6.45) is 0.270. The van der Waals surface area contributed by atoms with Gasteiger partial charge < -0.3 is 19.5 Å². The topological polar surface area (TPSA) is 305 Å². The van der Waals surface area contributed by atoms with E-state index in [9.17, 15) is 47.9 Å².